The van der Waals surface area contributed by atoms with Crippen LogP contribution >= 0.6 is 11.3 Å². The molecule has 1 aliphatic rings. The first kappa shape index (κ1) is 13.1. The summed E-state index contributed by atoms with van der Waals surface area (Å²) in [4.78, 5) is 4.81. The number of nitrogens with zero attached hydrogens (tertiary/aromatic N) is 1. The van der Waals surface area contributed by atoms with E-state index < -0.39 is 0 Å². The number of aromatic nitrogens is 1. The quantitative estimate of drug-likeness (QED) is 0.883. The van der Waals surface area contributed by atoms with E-state index in [0.717, 1.165) is 29.3 Å². The van der Waals surface area contributed by atoms with Crippen molar-refractivity contribution in [1.29, 1.82) is 0 Å². The third kappa shape index (κ3) is 2.41. The highest BCUT2D eigenvalue weighted by molar-refractivity contribution is 7.18. The molecule has 2 nitrogen and oxygen atoms in total. The van der Waals surface area contributed by atoms with Crippen LogP contribution < -0.4 is 5.73 Å². The maximum Gasteiger partial charge on any atom is 0.114 e. The van der Waals surface area contributed by atoms with Crippen molar-refractivity contribution >= 4 is 21.6 Å². The second-order valence-electron chi connectivity index (χ2n) is 6.00. The van der Waals surface area contributed by atoms with Gasteiger partial charge in [0.2, 0.25) is 0 Å². The van der Waals surface area contributed by atoms with Gasteiger partial charge in [0.05, 0.1) is 15.8 Å². The number of hydrogen-bond donors (Lipinski definition) is 1. The van der Waals surface area contributed by atoms with Crippen LogP contribution in [0, 0.1) is 12.8 Å². The molecule has 1 aliphatic carbocycles. The monoisotopic (exact) mass is 274 g/mol. The van der Waals surface area contributed by atoms with Gasteiger partial charge in [-0.1, -0.05) is 19.4 Å². The Bertz CT molecular complexity index is 579. The van der Waals surface area contributed by atoms with Crippen molar-refractivity contribution in [2.24, 2.45) is 11.7 Å². The van der Waals surface area contributed by atoms with Gasteiger partial charge in [0.15, 0.2) is 0 Å². The van der Waals surface area contributed by atoms with Gasteiger partial charge in [-0.25, -0.2) is 4.98 Å². The van der Waals surface area contributed by atoms with Crippen molar-refractivity contribution in [1.82, 2.24) is 4.98 Å². The average Bonchev–Trinajstić information content (AvgIpc) is 2.83. The molecule has 19 heavy (non-hydrogen) atoms. The van der Waals surface area contributed by atoms with E-state index in [1.165, 1.54) is 29.5 Å². The van der Waals surface area contributed by atoms with Gasteiger partial charge >= 0.3 is 0 Å². The zero-order valence-electron chi connectivity index (χ0n) is 11.8. The summed E-state index contributed by atoms with van der Waals surface area (Å²) in [6, 6.07) is 6.49. The van der Waals surface area contributed by atoms with E-state index in [0.29, 0.717) is 0 Å². The molecule has 2 aromatic rings. The van der Waals surface area contributed by atoms with Gasteiger partial charge in [-0.15, -0.1) is 11.3 Å². The van der Waals surface area contributed by atoms with Gasteiger partial charge in [0, 0.05) is 0 Å². The summed E-state index contributed by atoms with van der Waals surface area (Å²) in [7, 11) is 0. The van der Waals surface area contributed by atoms with E-state index in [1.807, 2.05) is 0 Å². The fourth-order valence-corrected chi connectivity index (χ4v) is 4.17. The standard InChI is InChI=1S/C16H22N2S/c1-3-12-6-8-16(17,9-7-12)15-18-13-10-11(2)4-5-14(13)19-15/h4-5,10,12H,3,6-9,17H2,1-2H3. The van der Waals surface area contributed by atoms with Crippen LogP contribution in [-0.2, 0) is 5.54 Å². The lowest BCUT2D eigenvalue weighted by Crippen LogP contribution is -2.40. The Balaban J connectivity index is 1.91. The van der Waals surface area contributed by atoms with Crippen molar-refractivity contribution in [2.75, 3.05) is 0 Å². The van der Waals surface area contributed by atoms with E-state index >= 15 is 0 Å². The molecule has 2 N–H and O–H groups in total. The Morgan fingerprint density at radius 3 is 2.79 bits per heavy atom. The molecule has 0 unspecified atom stereocenters. The van der Waals surface area contributed by atoms with Crippen molar-refractivity contribution in [3.63, 3.8) is 0 Å². The molecule has 3 rings (SSSR count). The SMILES string of the molecule is CCC1CCC(N)(c2nc3cc(C)ccc3s2)CC1. The van der Waals surface area contributed by atoms with Crippen LogP contribution in [0.3, 0.4) is 0 Å². The first-order valence-electron chi connectivity index (χ1n) is 7.27. The summed E-state index contributed by atoms with van der Waals surface area (Å²) in [6.45, 7) is 4.40. The molecule has 0 spiro atoms. The Labute approximate surface area is 119 Å². The van der Waals surface area contributed by atoms with Crippen LogP contribution in [0.15, 0.2) is 18.2 Å². The molecule has 1 aromatic carbocycles. The molecule has 102 valence electrons. The van der Waals surface area contributed by atoms with Crippen molar-refractivity contribution < 1.29 is 0 Å². The van der Waals surface area contributed by atoms with Crippen molar-refractivity contribution in [3.8, 4) is 0 Å². The molecule has 0 aliphatic heterocycles. The lowest BCUT2D eigenvalue weighted by Gasteiger charge is -2.35. The zero-order valence-corrected chi connectivity index (χ0v) is 12.6. The molecule has 0 radical (unpaired) electrons. The van der Waals surface area contributed by atoms with E-state index in [9.17, 15) is 0 Å². The van der Waals surface area contributed by atoms with E-state index in [2.05, 4.69) is 32.0 Å². The Morgan fingerprint density at radius 1 is 1.37 bits per heavy atom. The third-order valence-electron chi connectivity index (χ3n) is 4.54. The Hall–Kier alpha value is -0.930. The van der Waals surface area contributed by atoms with Crippen LogP contribution in [0.4, 0.5) is 0 Å². The lowest BCUT2D eigenvalue weighted by atomic mass is 9.76. The molecule has 3 heteroatoms. The molecular weight excluding hydrogens is 252 g/mol. The largest absolute Gasteiger partial charge is 0.319 e. The van der Waals surface area contributed by atoms with Crippen LogP contribution in [-0.4, -0.2) is 4.98 Å². The average molecular weight is 274 g/mol. The van der Waals surface area contributed by atoms with E-state index in [-0.39, 0.29) is 5.54 Å². The molecule has 1 fully saturated rings. The van der Waals surface area contributed by atoms with Crippen LogP contribution in [0.2, 0.25) is 0 Å². The highest BCUT2D eigenvalue weighted by Crippen LogP contribution is 2.41. The maximum absolute atomic E-state index is 6.65. The van der Waals surface area contributed by atoms with E-state index in [1.54, 1.807) is 11.3 Å². The number of rotatable bonds is 2. The number of fused-ring (bicyclic) bond motifs is 1. The molecule has 0 amide bonds. The van der Waals surface area contributed by atoms with Gasteiger partial charge in [0.1, 0.15) is 5.01 Å². The fourth-order valence-electron chi connectivity index (χ4n) is 3.07. The first-order chi connectivity index (χ1) is 9.10. The Kier molecular flexibility index (Phi) is 3.35. The third-order valence-corrected chi connectivity index (χ3v) is 5.80. The fraction of sp³-hybridized carbons (Fsp3) is 0.562. The van der Waals surface area contributed by atoms with Gasteiger partial charge in [-0.2, -0.15) is 0 Å². The lowest BCUT2D eigenvalue weighted by molar-refractivity contribution is 0.231. The van der Waals surface area contributed by atoms with Gasteiger partial charge in [-0.05, 0) is 56.2 Å². The van der Waals surface area contributed by atoms with Crippen LogP contribution in [0.5, 0.6) is 0 Å². The molecule has 1 heterocycles. The molecule has 0 saturated heterocycles. The van der Waals surface area contributed by atoms with Gasteiger partial charge < -0.3 is 5.73 Å². The summed E-state index contributed by atoms with van der Waals surface area (Å²) < 4.78 is 1.27. The topological polar surface area (TPSA) is 38.9 Å². The summed E-state index contributed by atoms with van der Waals surface area (Å²) in [5, 5.41) is 1.14. The molecule has 0 atom stereocenters. The smallest absolute Gasteiger partial charge is 0.114 e. The zero-order chi connectivity index (χ0) is 13.5. The number of benzene rings is 1. The minimum atomic E-state index is -0.177. The minimum Gasteiger partial charge on any atom is -0.319 e. The number of hydrogen-bond acceptors (Lipinski definition) is 3. The highest BCUT2D eigenvalue weighted by Gasteiger charge is 2.35. The molecule has 0 bridgehead atoms. The summed E-state index contributed by atoms with van der Waals surface area (Å²) in [5.41, 5.74) is 8.85. The van der Waals surface area contributed by atoms with Crippen molar-refractivity contribution in [3.05, 3.63) is 28.8 Å². The summed E-state index contributed by atoms with van der Waals surface area (Å²) in [5.74, 6) is 0.869. The first-order valence-corrected chi connectivity index (χ1v) is 8.09. The summed E-state index contributed by atoms with van der Waals surface area (Å²) >= 11 is 1.78. The van der Waals surface area contributed by atoms with Gasteiger partial charge in [-0.3, -0.25) is 0 Å². The Morgan fingerprint density at radius 2 is 2.11 bits per heavy atom. The number of nitrogens with two attached hydrogens (primary N) is 1. The predicted octanol–water partition coefficient (Wildman–Crippen LogP) is 4.36. The van der Waals surface area contributed by atoms with Crippen LogP contribution in [0.1, 0.15) is 49.6 Å². The maximum atomic E-state index is 6.65. The predicted molar refractivity (Wildman–Crippen MR) is 82.5 cm³/mol. The second-order valence-corrected chi connectivity index (χ2v) is 7.03. The second kappa shape index (κ2) is 4.88. The summed E-state index contributed by atoms with van der Waals surface area (Å²) in [6.07, 6.45) is 5.97. The minimum absolute atomic E-state index is 0.177. The molecular formula is C16H22N2S. The highest BCUT2D eigenvalue weighted by atomic mass is 32.1. The van der Waals surface area contributed by atoms with Crippen LogP contribution in [0.25, 0.3) is 10.2 Å². The van der Waals surface area contributed by atoms with E-state index in [4.69, 9.17) is 10.7 Å². The molecule has 1 aromatic heterocycles. The normalized spacial score (nSPS) is 27.8. The number of thiazole rings is 1. The van der Waals surface area contributed by atoms with Gasteiger partial charge in [0.25, 0.3) is 0 Å². The van der Waals surface area contributed by atoms with Crippen molar-refractivity contribution in [2.45, 2.75) is 51.5 Å². The number of aryl methyl sites for hydroxylation is 1. The molecule has 1 saturated carbocycles.